The fourth-order valence-electron chi connectivity index (χ4n) is 3.23. The van der Waals surface area contributed by atoms with Crippen LogP contribution in [0.3, 0.4) is 0 Å². The summed E-state index contributed by atoms with van der Waals surface area (Å²) < 4.78 is 5.25. The van der Waals surface area contributed by atoms with Crippen LogP contribution < -0.4 is 5.73 Å². The topological polar surface area (TPSA) is 52.0 Å². The number of benzene rings is 1. The van der Waals surface area contributed by atoms with Gasteiger partial charge in [-0.25, -0.2) is 0 Å². The molecule has 1 saturated carbocycles. The van der Waals surface area contributed by atoms with Crippen molar-refractivity contribution >= 4 is 5.88 Å². The number of aromatic nitrogens is 1. The molecule has 2 aromatic rings. The molecule has 1 heterocycles. The summed E-state index contributed by atoms with van der Waals surface area (Å²) in [5.74, 6) is 1.17. The lowest BCUT2D eigenvalue weighted by atomic mass is 9.92. The van der Waals surface area contributed by atoms with Gasteiger partial charge in [0.1, 0.15) is 0 Å². The molecular weight excluding hydrogens is 248 g/mol. The standard InChI is InChI=1S/C17H22N2O/c18-17-16(14-10-6-3-7-11-14)15(19-20-17)12-13-8-4-1-2-5-9-13/h3,6-7,10-11,13H,1-2,4-5,8-9,12,18H2. The van der Waals surface area contributed by atoms with Crippen molar-refractivity contribution in [3.8, 4) is 11.1 Å². The van der Waals surface area contributed by atoms with E-state index in [9.17, 15) is 0 Å². The molecule has 0 amide bonds. The van der Waals surface area contributed by atoms with Crippen molar-refractivity contribution in [3.63, 3.8) is 0 Å². The number of nitrogen functional groups attached to an aromatic ring is 1. The van der Waals surface area contributed by atoms with Crippen LogP contribution in [-0.4, -0.2) is 5.16 Å². The predicted molar refractivity (Wildman–Crippen MR) is 81.2 cm³/mol. The smallest absolute Gasteiger partial charge is 0.230 e. The predicted octanol–water partition coefficient (Wildman–Crippen LogP) is 4.44. The number of nitrogens with zero attached hydrogens (tertiary/aromatic N) is 1. The van der Waals surface area contributed by atoms with Crippen LogP contribution in [-0.2, 0) is 6.42 Å². The van der Waals surface area contributed by atoms with Gasteiger partial charge in [-0.05, 0) is 17.9 Å². The summed E-state index contributed by atoms with van der Waals surface area (Å²) in [6, 6.07) is 10.2. The van der Waals surface area contributed by atoms with Gasteiger partial charge < -0.3 is 10.3 Å². The van der Waals surface area contributed by atoms with Crippen LogP contribution in [0.1, 0.15) is 44.2 Å². The Morgan fingerprint density at radius 2 is 1.75 bits per heavy atom. The lowest BCUT2D eigenvalue weighted by molar-refractivity contribution is 0.403. The zero-order valence-electron chi connectivity index (χ0n) is 11.8. The van der Waals surface area contributed by atoms with E-state index in [1.807, 2.05) is 18.2 Å². The maximum absolute atomic E-state index is 5.98. The highest BCUT2D eigenvalue weighted by Crippen LogP contribution is 2.33. The van der Waals surface area contributed by atoms with E-state index in [-0.39, 0.29) is 0 Å². The Morgan fingerprint density at radius 1 is 1.05 bits per heavy atom. The highest BCUT2D eigenvalue weighted by molar-refractivity contribution is 5.74. The number of hydrogen-bond acceptors (Lipinski definition) is 3. The van der Waals surface area contributed by atoms with Crippen LogP contribution in [0.5, 0.6) is 0 Å². The quantitative estimate of drug-likeness (QED) is 0.839. The Balaban J connectivity index is 1.83. The fourth-order valence-corrected chi connectivity index (χ4v) is 3.23. The molecule has 0 radical (unpaired) electrons. The number of nitrogens with two attached hydrogens (primary N) is 1. The lowest BCUT2D eigenvalue weighted by Crippen LogP contribution is -2.04. The molecule has 1 aliphatic rings. The van der Waals surface area contributed by atoms with Crippen molar-refractivity contribution in [2.45, 2.75) is 44.9 Å². The van der Waals surface area contributed by atoms with Crippen molar-refractivity contribution in [3.05, 3.63) is 36.0 Å². The first-order valence-electron chi connectivity index (χ1n) is 7.64. The second kappa shape index (κ2) is 6.12. The van der Waals surface area contributed by atoms with Gasteiger partial charge in [-0.1, -0.05) is 74.0 Å². The Bertz CT molecular complexity index is 539. The van der Waals surface area contributed by atoms with E-state index < -0.39 is 0 Å². The largest absolute Gasteiger partial charge is 0.367 e. The third kappa shape index (κ3) is 2.87. The Kier molecular flexibility index (Phi) is 4.05. The van der Waals surface area contributed by atoms with Crippen LogP contribution in [0.4, 0.5) is 5.88 Å². The summed E-state index contributed by atoms with van der Waals surface area (Å²) in [5.41, 5.74) is 9.11. The Morgan fingerprint density at radius 3 is 2.45 bits per heavy atom. The first kappa shape index (κ1) is 13.2. The summed E-state index contributed by atoms with van der Waals surface area (Å²) in [4.78, 5) is 0. The fraction of sp³-hybridized carbons (Fsp3) is 0.471. The highest BCUT2D eigenvalue weighted by Gasteiger charge is 2.20. The molecule has 0 atom stereocenters. The summed E-state index contributed by atoms with van der Waals surface area (Å²) in [5, 5.41) is 4.22. The van der Waals surface area contributed by atoms with Crippen molar-refractivity contribution in [2.24, 2.45) is 5.92 Å². The van der Waals surface area contributed by atoms with Gasteiger partial charge in [0.05, 0.1) is 11.3 Å². The molecule has 1 aliphatic carbocycles. The van der Waals surface area contributed by atoms with Gasteiger partial charge in [0.2, 0.25) is 5.88 Å². The lowest BCUT2D eigenvalue weighted by Gasteiger charge is -2.12. The van der Waals surface area contributed by atoms with Crippen LogP contribution in [0.25, 0.3) is 11.1 Å². The van der Waals surface area contributed by atoms with Gasteiger partial charge in [-0.2, -0.15) is 0 Å². The second-order valence-electron chi connectivity index (χ2n) is 5.80. The molecule has 1 aromatic heterocycles. The van der Waals surface area contributed by atoms with Crippen molar-refractivity contribution in [2.75, 3.05) is 5.73 Å². The molecule has 0 aliphatic heterocycles. The molecule has 106 valence electrons. The SMILES string of the molecule is Nc1onc(CC2CCCCCC2)c1-c1ccccc1. The molecular formula is C17H22N2O. The molecule has 0 saturated heterocycles. The van der Waals surface area contributed by atoms with E-state index in [2.05, 4.69) is 17.3 Å². The van der Waals surface area contributed by atoms with E-state index in [1.54, 1.807) is 0 Å². The van der Waals surface area contributed by atoms with E-state index in [1.165, 1.54) is 38.5 Å². The molecule has 0 unspecified atom stereocenters. The molecule has 3 nitrogen and oxygen atoms in total. The van der Waals surface area contributed by atoms with E-state index >= 15 is 0 Å². The number of anilines is 1. The zero-order valence-corrected chi connectivity index (χ0v) is 11.8. The van der Waals surface area contributed by atoms with Crippen molar-refractivity contribution < 1.29 is 4.52 Å². The average Bonchev–Trinajstić information content (AvgIpc) is 2.67. The van der Waals surface area contributed by atoms with E-state index in [4.69, 9.17) is 10.3 Å². The third-order valence-corrected chi connectivity index (χ3v) is 4.31. The normalized spacial score (nSPS) is 17.0. The minimum Gasteiger partial charge on any atom is -0.367 e. The third-order valence-electron chi connectivity index (χ3n) is 4.31. The Hall–Kier alpha value is -1.77. The van der Waals surface area contributed by atoms with Crippen LogP contribution in [0.2, 0.25) is 0 Å². The van der Waals surface area contributed by atoms with Crippen LogP contribution in [0.15, 0.2) is 34.9 Å². The van der Waals surface area contributed by atoms with Gasteiger partial charge in [-0.3, -0.25) is 0 Å². The summed E-state index contributed by atoms with van der Waals surface area (Å²) >= 11 is 0. The molecule has 1 aromatic carbocycles. The molecule has 0 bridgehead atoms. The van der Waals surface area contributed by atoms with Crippen LogP contribution >= 0.6 is 0 Å². The molecule has 3 heteroatoms. The first-order valence-corrected chi connectivity index (χ1v) is 7.64. The van der Waals surface area contributed by atoms with Gasteiger partial charge in [-0.15, -0.1) is 0 Å². The van der Waals surface area contributed by atoms with Gasteiger partial charge in [0.15, 0.2) is 0 Å². The molecule has 20 heavy (non-hydrogen) atoms. The Labute approximate surface area is 120 Å². The monoisotopic (exact) mass is 270 g/mol. The maximum Gasteiger partial charge on any atom is 0.230 e. The summed E-state index contributed by atoms with van der Waals surface area (Å²) in [6.45, 7) is 0. The molecule has 1 fully saturated rings. The number of hydrogen-bond donors (Lipinski definition) is 1. The van der Waals surface area contributed by atoms with Gasteiger partial charge in [0, 0.05) is 0 Å². The minimum absolute atomic E-state index is 0.444. The summed E-state index contributed by atoms with van der Waals surface area (Å²) in [7, 11) is 0. The molecule has 0 spiro atoms. The molecule has 2 N–H and O–H groups in total. The first-order chi connectivity index (χ1) is 9.84. The second-order valence-corrected chi connectivity index (χ2v) is 5.80. The van der Waals surface area contributed by atoms with Gasteiger partial charge >= 0.3 is 0 Å². The van der Waals surface area contributed by atoms with Crippen LogP contribution in [0, 0.1) is 5.92 Å². The molecule has 3 rings (SSSR count). The zero-order chi connectivity index (χ0) is 13.8. The van der Waals surface area contributed by atoms with E-state index in [0.29, 0.717) is 5.88 Å². The summed E-state index contributed by atoms with van der Waals surface area (Å²) in [6.07, 6.45) is 9.05. The van der Waals surface area contributed by atoms with Crippen molar-refractivity contribution in [1.29, 1.82) is 0 Å². The highest BCUT2D eigenvalue weighted by atomic mass is 16.5. The maximum atomic E-state index is 5.98. The van der Waals surface area contributed by atoms with E-state index in [0.717, 1.165) is 29.2 Å². The van der Waals surface area contributed by atoms with Gasteiger partial charge in [0.25, 0.3) is 0 Å². The van der Waals surface area contributed by atoms with Crippen molar-refractivity contribution in [1.82, 2.24) is 5.16 Å². The average molecular weight is 270 g/mol. The minimum atomic E-state index is 0.444. The number of rotatable bonds is 3.